The van der Waals surface area contributed by atoms with E-state index in [0.717, 1.165) is 16.8 Å². The Hall–Kier alpha value is -2.68. The number of ether oxygens (including phenoxy) is 1. The van der Waals surface area contributed by atoms with E-state index in [1.807, 2.05) is 19.9 Å². The number of nitrogens with zero attached hydrogens (tertiary/aromatic N) is 2. The first-order valence-electron chi connectivity index (χ1n) is 6.31. The monoisotopic (exact) mass is 270 g/mol. The second-order valence-electron chi connectivity index (χ2n) is 4.99. The van der Waals surface area contributed by atoms with E-state index >= 15 is 0 Å². The molecule has 0 aromatic carbocycles. The second kappa shape index (κ2) is 4.46. The number of nitriles is 1. The number of H-pyrrole nitrogens is 1. The summed E-state index contributed by atoms with van der Waals surface area (Å²) in [5.74, 6) is 0.437. The van der Waals surface area contributed by atoms with Crippen LogP contribution in [0.3, 0.4) is 0 Å². The van der Waals surface area contributed by atoms with E-state index < -0.39 is 0 Å². The Labute approximate surface area is 115 Å². The lowest BCUT2D eigenvalue weighted by Gasteiger charge is -2.23. The average Bonchev–Trinajstić information content (AvgIpc) is 3.05. The molecule has 20 heavy (non-hydrogen) atoms. The van der Waals surface area contributed by atoms with Crippen LogP contribution in [0.4, 0.5) is 0 Å². The first-order chi connectivity index (χ1) is 9.63. The number of fused-ring (bicyclic) bond motifs is 1. The molecule has 2 aromatic rings. The van der Waals surface area contributed by atoms with Gasteiger partial charge in [-0.15, -0.1) is 5.10 Å². The summed E-state index contributed by atoms with van der Waals surface area (Å²) in [5.41, 5.74) is 8.86. The van der Waals surface area contributed by atoms with Crippen molar-refractivity contribution in [2.24, 2.45) is 5.73 Å². The van der Waals surface area contributed by atoms with Gasteiger partial charge in [0.15, 0.2) is 0 Å². The Kier molecular flexibility index (Phi) is 2.75. The topological polar surface area (TPSA) is 101 Å². The average molecular weight is 270 g/mol. The highest BCUT2D eigenvalue weighted by molar-refractivity contribution is 5.55. The minimum Gasteiger partial charge on any atom is -0.472 e. The van der Waals surface area contributed by atoms with Crippen molar-refractivity contribution >= 4 is 0 Å². The van der Waals surface area contributed by atoms with Gasteiger partial charge in [0, 0.05) is 11.3 Å². The van der Waals surface area contributed by atoms with Crippen LogP contribution < -0.4 is 10.5 Å². The highest BCUT2D eigenvalue weighted by Gasteiger charge is 2.36. The van der Waals surface area contributed by atoms with E-state index in [-0.39, 0.29) is 17.7 Å². The standard InChI is InChI=1S/C14H14N4O2/c1-7(2)12-11-10(8-3-4-19-6-8)9(5-15)13(16)20-14(11)18-17-12/h3-4,6-7,10H,16H2,1-2H3,(H,17,18). The van der Waals surface area contributed by atoms with Crippen molar-refractivity contribution in [3.8, 4) is 11.9 Å². The van der Waals surface area contributed by atoms with Crippen molar-refractivity contribution in [3.63, 3.8) is 0 Å². The van der Waals surface area contributed by atoms with Crippen LogP contribution >= 0.6 is 0 Å². The molecule has 0 aliphatic carbocycles. The van der Waals surface area contributed by atoms with E-state index in [4.69, 9.17) is 14.9 Å². The van der Waals surface area contributed by atoms with Gasteiger partial charge in [-0.25, -0.2) is 0 Å². The van der Waals surface area contributed by atoms with Crippen molar-refractivity contribution in [3.05, 3.63) is 46.9 Å². The summed E-state index contributed by atoms with van der Waals surface area (Å²) in [4.78, 5) is 0. The zero-order chi connectivity index (χ0) is 14.3. The molecule has 1 aliphatic rings. The molecule has 1 aliphatic heterocycles. The number of rotatable bonds is 2. The highest BCUT2D eigenvalue weighted by Crippen LogP contribution is 2.44. The van der Waals surface area contributed by atoms with Gasteiger partial charge < -0.3 is 14.9 Å². The van der Waals surface area contributed by atoms with Gasteiger partial charge in [-0.3, -0.25) is 5.10 Å². The summed E-state index contributed by atoms with van der Waals surface area (Å²) in [6, 6.07) is 3.96. The number of aromatic amines is 1. The number of aromatic nitrogens is 2. The SMILES string of the molecule is CC(C)c1[nH]nc2c1C(c1ccoc1)C(C#N)=C(N)O2. The van der Waals surface area contributed by atoms with Gasteiger partial charge in [0.25, 0.3) is 0 Å². The molecule has 3 N–H and O–H groups in total. The summed E-state index contributed by atoms with van der Waals surface area (Å²) >= 11 is 0. The van der Waals surface area contributed by atoms with Crippen molar-refractivity contribution in [2.45, 2.75) is 25.7 Å². The third-order valence-corrected chi connectivity index (χ3v) is 3.42. The summed E-state index contributed by atoms with van der Waals surface area (Å²) in [6.45, 7) is 4.10. The molecular weight excluding hydrogens is 256 g/mol. The lowest BCUT2D eigenvalue weighted by molar-refractivity contribution is 0.378. The molecule has 3 rings (SSSR count). The Morgan fingerprint density at radius 3 is 2.90 bits per heavy atom. The summed E-state index contributed by atoms with van der Waals surface area (Å²) in [6.07, 6.45) is 3.19. The molecular formula is C14H14N4O2. The van der Waals surface area contributed by atoms with Crippen molar-refractivity contribution in [1.29, 1.82) is 5.26 Å². The number of allylic oxidation sites excluding steroid dienone is 1. The Morgan fingerprint density at radius 1 is 1.50 bits per heavy atom. The molecule has 0 fully saturated rings. The van der Waals surface area contributed by atoms with Gasteiger partial charge in [-0.2, -0.15) is 5.26 Å². The minimum absolute atomic E-state index is 0.0907. The zero-order valence-corrected chi connectivity index (χ0v) is 11.2. The van der Waals surface area contributed by atoms with Crippen molar-refractivity contribution in [2.75, 3.05) is 0 Å². The fourth-order valence-electron chi connectivity index (χ4n) is 2.48. The molecule has 0 spiro atoms. The van der Waals surface area contributed by atoms with Crippen molar-refractivity contribution in [1.82, 2.24) is 10.2 Å². The number of nitrogens with two attached hydrogens (primary N) is 1. The smallest absolute Gasteiger partial charge is 0.244 e. The molecule has 0 saturated heterocycles. The summed E-state index contributed by atoms with van der Waals surface area (Å²) in [5, 5.41) is 16.5. The van der Waals surface area contributed by atoms with Gasteiger partial charge in [-0.1, -0.05) is 13.8 Å². The van der Waals surface area contributed by atoms with E-state index in [2.05, 4.69) is 16.3 Å². The molecule has 1 atom stereocenters. The first kappa shape index (κ1) is 12.4. The van der Waals surface area contributed by atoms with Crippen LogP contribution in [0.1, 0.15) is 42.5 Å². The van der Waals surface area contributed by atoms with Gasteiger partial charge in [0.2, 0.25) is 11.8 Å². The number of nitrogens with one attached hydrogen (secondary N) is 1. The molecule has 0 bridgehead atoms. The van der Waals surface area contributed by atoms with Crippen LogP contribution in [0.25, 0.3) is 0 Å². The molecule has 0 saturated carbocycles. The van der Waals surface area contributed by atoms with Gasteiger partial charge in [-0.05, 0) is 12.0 Å². The Morgan fingerprint density at radius 2 is 2.30 bits per heavy atom. The van der Waals surface area contributed by atoms with Crippen molar-refractivity contribution < 1.29 is 9.15 Å². The quantitative estimate of drug-likeness (QED) is 0.872. The van der Waals surface area contributed by atoms with E-state index in [1.54, 1.807) is 12.5 Å². The van der Waals surface area contributed by atoms with Gasteiger partial charge in [0.1, 0.15) is 11.6 Å². The number of furan rings is 1. The third kappa shape index (κ3) is 1.67. The lowest BCUT2D eigenvalue weighted by Crippen LogP contribution is -2.21. The van der Waals surface area contributed by atoms with E-state index in [9.17, 15) is 5.26 Å². The third-order valence-electron chi connectivity index (χ3n) is 3.42. The summed E-state index contributed by atoms with van der Waals surface area (Å²) < 4.78 is 10.6. The maximum Gasteiger partial charge on any atom is 0.244 e. The van der Waals surface area contributed by atoms with Crippen LogP contribution in [0, 0.1) is 11.3 Å². The van der Waals surface area contributed by atoms with Gasteiger partial charge in [0.05, 0.1) is 24.0 Å². The van der Waals surface area contributed by atoms with Crippen LogP contribution in [0.15, 0.2) is 34.5 Å². The zero-order valence-electron chi connectivity index (χ0n) is 11.2. The lowest BCUT2D eigenvalue weighted by atomic mass is 9.83. The molecule has 2 aromatic heterocycles. The highest BCUT2D eigenvalue weighted by atomic mass is 16.5. The Balaban J connectivity index is 2.24. The first-order valence-corrected chi connectivity index (χ1v) is 6.31. The predicted octanol–water partition coefficient (Wildman–Crippen LogP) is 2.34. The van der Waals surface area contributed by atoms with Crippen LogP contribution in [-0.4, -0.2) is 10.2 Å². The van der Waals surface area contributed by atoms with E-state index in [0.29, 0.717) is 11.5 Å². The molecule has 0 amide bonds. The number of hydrogen-bond acceptors (Lipinski definition) is 5. The normalized spacial score (nSPS) is 17.8. The fourth-order valence-corrected chi connectivity index (χ4v) is 2.48. The summed E-state index contributed by atoms with van der Waals surface area (Å²) in [7, 11) is 0. The molecule has 1 unspecified atom stereocenters. The Bertz CT molecular complexity index is 704. The van der Waals surface area contributed by atoms with Crippen LogP contribution in [0.5, 0.6) is 5.88 Å². The molecule has 6 nitrogen and oxygen atoms in total. The number of hydrogen-bond donors (Lipinski definition) is 2. The molecule has 102 valence electrons. The molecule has 6 heteroatoms. The molecule has 0 radical (unpaired) electrons. The fraction of sp³-hybridized carbons (Fsp3) is 0.286. The maximum atomic E-state index is 9.39. The van der Waals surface area contributed by atoms with Crippen LogP contribution in [-0.2, 0) is 0 Å². The second-order valence-corrected chi connectivity index (χ2v) is 4.99. The minimum atomic E-state index is -0.307. The van der Waals surface area contributed by atoms with E-state index in [1.165, 1.54) is 0 Å². The predicted molar refractivity (Wildman–Crippen MR) is 70.7 cm³/mol. The van der Waals surface area contributed by atoms with Crippen LogP contribution in [0.2, 0.25) is 0 Å². The maximum absolute atomic E-state index is 9.39. The molecule has 3 heterocycles. The largest absolute Gasteiger partial charge is 0.472 e. The van der Waals surface area contributed by atoms with Gasteiger partial charge >= 0.3 is 0 Å².